The van der Waals surface area contributed by atoms with Gasteiger partial charge < -0.3 is 9.50 Å². The zero-order valence-electron chi connectivity index (χ0n) is 12.8. The Morgan fingerprint density at radius 2 is 1.88 bits per heavy atom. The summed E-state index contributed by atoms with van der Waals surface area (Å²) in [4.78, 5) is 13.0. The number of nitrogens with zero attached hydrogens (tertiary/aromatic N) is 1. The number of benzene rings is 2. The monoisotopic (exact) mass is 350 g/mol. The Bertz CT molecular complexity index is 881. The van der Waals surface area contributed by atoms with Crippen LogP contribution in [0.4, 0.5) is 14.9 Å². The van der Waals surface area contributed by atoms with Crippen LogP contribution in [0, 0.1) is 12.7 Å². The van der Waals surface area contributed by atoms with Gasteiger partial charge in [-0.05, 0) is 48.9 Å². The fourth-order valence-corrected chi connectivity index (χ4v) is 3.29. The minimum atomic E-state index is -4.16. The van der Waals surface area contributed by atoms with Crippen molar-refractivity contribution in [3.63, 3.8) is 0 Å². The number of hydrogen-bond donors (Lipinski definition) is 1. The predicted molar refractivity (Wildman–Crippen MR) is 86.1 cm³/mol. The van der Waals surface area contributed by atoms with Crippen molar-refractivity contribution in [1.82, 2.24) is 5.32 Å². The van der Waals surface area contributed by atoms with E-state index in [1.54, 1.807) is 13.0 Å². The maximum Gasteiger partial charge on any atom is 0.339 e. The van der Waals surface area contributed by atoms with Gasteiger partial charge in [0.2, 0.25) is 0 Å². The van der Waals surface area contributed by atoms with Crippen LogP contribution in [0.5, 0.6) is 5.75 Å². The number of aryl methyl sites for hydroxylation is 1. The van der Waals surface area contributed by atoms with E-state index in [2.05, 4.69) is 5.32 Å². The van der Waals surface area contributed by atoms with Crippen LogP contribution in [0.25, 0.3) is 0 Å². The Kier molecular flexibility index (Phi) is 4.15. The second-order valence-electron chi connectivity index (χ2n) is 5.35. The second-order valence-corrected chi connectivity index (χ2v) is 6.90. The van der Waals surface area contributed by atoms with Gasteiger partial charge in [-0.15, -0.1) is 0 Å². The van der Waals surface area contributed by atoms with Gasteiger partial charge in [0.1, 0.15) is 4.90 Å². The van der Waals surface area contributed by atoms with Crippen LogP contribution < -0.4 is 14.4 Å². The molecule has 0 radical (unpaired) electrons. The number of anilines is 1. The van der Waals surface area contributed by atoms with Crippen molar-refractivity contribution in [2.75, 3.05) is 18.0 Å². The molecule has 2 aromatic rings. The number of amides is 2. The molecule has 1 aliphatic rings. The molecule has 1 fully saturated rings. The summed E-state index contributed by atoms with van der Waals surface area (Å²) >= 11 is 0. The van der Waals surface area contributed by atoms with Gasteiger partial charge in [0.15, 0.2) is 11.6 Å². The molecule has 1 aliphatic heterocycles. The van der Waals surface area contributed by atoms with Crippen molar-refractivity contribution in [2.45, 2.75) is 11.8 Å². The van der Waals surface area contributed by atoms with Crippen LogP contribution in [-0.2, 0) is 10.1 Å². The van der Waals surface area contributed by atoms with Crippen molar-refractivity contribution in [3.8, 4) is 5.75 Å². The van der Waals surface area contributed by atoms with Crippen LogP contribution in [0.2, 0.25) is 0 Å². The van der Waals surface area contributed by atoms with Gasteiger partial charge in [0.25, 0.3) is 0 Å². The number of hydrogen-bond acceptors (Lipinski definition) is 4. The second kappa shape index (κ2) is 6.12. The van der Waals surface area contributed by atoms with E-state index in [0.717, 1.165) is 0 Å². The maximum atomic E-state index is 13.8. The summed E-state index contributed by atoms with van der Waals surface area (Å²) in [5.74, 6) is -1.10. The smallest absolute Gasteiger partial charge is 0.339 e. The van der Waals surface area contributed by atoms with Crippen LogP contribution in [-0.4, -0.2) is 27.5 Å². The normalized spacial score (nSPS) is 14.6. The largest absolute Gasteiger partial charge is 0.376 e. The summed E-state index contributed by atoms with van der Waals surface area (Å²) in [7, 11) is -4.16. The Hall–Kier alpha value is -2.61. The Morgan fingerprint density at radius 3 is 2.46 bits per heavy atom. The molecule has 0 spiro atoms. The summed E-state index contributed by atoms with van der Waals surface area (Å²) in [6, 6.07) is 9.45. The lowest BCUT2D eigenvalue weighted by Crippen LogP contribution is -2.27. The van der Waals surface area contributed by atoms with E-state index < -0.39 is 15.9 Å². The fraction of sp³-hybridized carbons (Fsp3) is 0.188. The topological polar surface area (TPSA) is 75.7 Å². The molecule has 0 saturated carbocycles. The zero-order chi connectivity index (χ0) is 17.3. The fourth-order valence-electron chi connectivity index (χ4n) is 2.35. The predicted octanol–water partition coefficient (Wildman–Crippen LogP) is 2.43. The first-order chi connectivity index (χ1) is 11.4. The number of halogens is 1. The highest BCUT2D eigenvalue weighted by Crippen LogP contribution is 2.25. The first-order valence-corrected chi connectivity index (χ1v) is 8.64. The number of urea groups is 1. The molecule has 0 aromatic heterocycles. The molecule has 8 heteroatoms. The molecule has 1 saturated heterocycles. The zero-order valence-corrected chi connectivity index (χ0v) is 13.6. The van der Waals surface area contributed by atoms with E-state index in [1.807, 2.05) is 0 Å². The molecule has 0 unspecified atom stereocenters. The van der Waals surface area contributed by atoms with Gasteiger partial charge in [0, 0.05) is 18.8 Å². The highest BCUT2D eigenvalue weighted by atomic mass is 32.2. The van der Waals surface area contributed by atoms with Crippen LogP contribution in [0.1, 0.15) is 5.56 Å². The summed E-state index contributed by atoms with van der Waals surface area (Å²) in [5.41, 5.74) is 1.23. The molecular formula is C16H15FN2O4S. The summed E-state index contributed by atoms with van der Waals surface area (Å²) in [5, 5.41) is 2.66. The molecule has 2 amide bonds. The molecule has 0 aliphatic carbocycles. The number of nitrogens with one attached hydrogen (secondary N) is 1. The maximum absolute atomic E-state index is 13.8. The average molecular weight is 350 g/mol. The first kappa shape index (κ1) is 16.3. The van der Waals surface area contributed by atoms with Crippen LogP contribution >= 0.6 is 0 Å². The third-order valence-corrected chi connectivity index (χ3v) is 4.83. The average Bonchev–Trinajstić information content (AvgIpc) is 2.96. The third kappa shape index (κ3) is 3.18. The van der Waals surface area contributed by atoms with E-state index >= 15 is 0 Å². The standard InChI is InChI=1S/C16H15FN2O4S/c1-11-2-7-15(14(17)10-11)23-24(21,22)13-5-3-12(4-6-13)19-9-8-18-16(19)20/h2-7,10H,8-9H2,1H3,(H,18,20). The lowest BCUT2D eigenvalue weighted by Gasteiger charge is -2.14. The van der Waals surface area contributed by atoms with Crippen molar-refractivity contribution in [3.05, 3.63) is 53.8 Å². The molecule has 0 atom stereocenters. The molecule has 1 heterocycles. The van der Waals surface area contributed by atoms with E-state index in [0.29, 0.717) is 24.3 Å². The van der Waals surface area contributed by atoms with E-state index in [1.165, 1.54) is 41.3 Å². The number of rotatable bonds is 4. The molecule has 2 aromatic carbocycles. The van der Waals surface area contributed by atoms with Gasteiger partial charge in [-0.1, -0.05) is 6.07 Å². The van der Waals surface area contributed by atoms with Gasteiger partial charge in [0.05, 0.1) is 0 Å². The molecule has 24 heavy (non-hydrogen) atoms. The SMILES string of the molecule is Cc1ccc(OS(=O)(=O)c2ccc(N3CCNC3=O)cc2)c(F)c1. The van der Waals surface area contributed by atoms with E-state index in [-0.39, 0.29) is 16.7 Å². The Labute approximate surface area is 139 Å². The minimum Gasteiger partial charge on any atom is -0.376 e. The van der Waals surface area contributed by atoms with E-state index in [4.69, 9.17) is 4.18 Å². The van der Waals surface area contributed by atoms with Gasteiger partial charge >= 0.3 is 16.1 Å². The molecule has 0 bridgehead atoms. The van der Waals surface area contributed by atoms with Crippen LogP contribution in [0.3, 0.4) is 0 Å². The summed E-state index contributed by atoms with van der Waals surface area (Å²) in [6.45, 7) is 2.74. The van der Waals surface area contributed by atoms with Gasteiger partial charge in [-0.2, -0.15) is 8.42 Å². The molecular weight excluding hydrogens is 335 g/mol. The van der Waals surface area contributed by atoms with Crippen molar-refractivity contribution >= 4 is 21.8 Å². The minimum absolute atomic E-state index is 0.120. The lowest BCUT2D eigenvalue weighted by atomic mass is 10.2. The summed E-state index contributed by atoms with van der Waals surface area (Å²) < 4.78 is 43.1. The van der Waals surface area contributed by atoms with Gasteiger partial charge in [-0.25, -0.2) is 9.18 Å². The van der Waals surface area contributed by atoms with Crippen LogP contribution in [0.15, 0.2) is 47.4 Å². The van der Waals surface area contributed by atoms with Gasteiger partial charge in [-0.3, -0.25) is 4.90 Å². The molecule has 3 rings (SSSR count). The van der Waals surface area contributed by atoms with Crippen molar-refractivity contribution in [1.29, 1.82) is 0 Å². The summed E-state index contributed by atoms with van der Waals surface area (Å²) in [6.07, 6.45) is 0. The van der Waals surface area contributed by atoms with Crippen molar-refractivity contribution < 1.29 is 21.8 Å². The number of carbonyl (C=O) groups excluding carboxylic acids is 1. The van der Waals surface area contributed by atoms with E-state index in [9.17, 15) is 17.6 Å². The quantitative estimate of drug-likeness (QED) is 0.860. The molecule has 6 nitrogen and oxygen atoms in total. The lowest BCUT2D eigenvalue weighted by molar-refractivity contribution is 0.252. The molecule has 126 valence electrons. The van der Waals surface area contributed by atoms with Crippen molar-refractivity contribution in [2.24, 2.45) is 0 Å². The highest BCUT2D eigenvalue weighted by Gasteiger charge is 2.23. The third-order valence-electron chi connectivity index (χ3n) is 3.58. The number of carbonyl (C=O) groups is 1. The molecule has 1 N–H and O–H groups in total. The Morgan fingerprint density at radius 1 is 1.17 bits per heavy atom. The first-order valence-electron chi connectivity index (χ1n) is 7.23. The Balaban J connectivity index is 1.83. The highest BCUT2D eigenvalue weighted by molar-refractivity contribution is 7.87.